The molecular weight excluding hydrogens is 716 g/mol. The van der Waals surface area contributed by atoms with Gasteiger partial charge < -0.3 is 28.9 Å². The zero-order valence-electron chi connectivity index (χ0n) is 28.9. The molecule has 4 aromatic rings. The number of pyridine rings is 1. The highest BCUT2D eigenvalue weighted by atomic mass is 35.5. The van der Waals surface area contributed by atoms with Gasteiger partial charge in [0.05, 0.1) is 39.1 Å². The average molecular weight is 755 g/mol. The first-order chi connectivity index (χ1) is 25.1. The maximum atomic E-state index is 15.4. The van der Waals surface area contributed by atoms with Crippen molar-refractivity contribution >= 4 is 41.0 Å². The van der Waals surface area contributed by atoms with Gasteiger partial charge in [0.1, 0.15) is 28.0 Å². The minimum atomic E-state index is -0.904. The molecule has 0 saturated carbocycles. The molecule has 0 N–H and O–H groups in total. The fraction of sp³-hybridized carbons (Fsp3) is 0.342. The zero-order chi connectivity index (χ0) is 36.9. The number of carbonyl (C=O) groups is 2. The molecule has 52 heavy (non-hydrogen) atoms. The summed E-state index contributed by atoms with van der Waals surface area (Å²) in [5.41, 5.74) is 1.84. The first-order valence-electron chi connectivity index (χ1n) is 16.7. The van der Waals surface area contributed by atoms with Gasteiger partial charge in [-0.05, 0) is 79.4 Å². The van der Waals surface area contributed by atoms with Gasteiger partial charge in [-0.2, -0.15) is 4.73 Å². The number of halogens is 3. The number of fused-ring (bicyclic) bond motifs is 3. The molecule has 2 atom stereocenters. The number of nitrogens with zero attached hydrogens (tertiary/aromatic N) is 3. The number of aromatic nitrogens is 1. The Bertz CT molecular complexity index is 1900. The van der Waals surface area contributed by atoms with Crippen molar-refractivity contribution in [2.45, 2.75) is 38.0 Å². The number of piperidine rings is 3. The number of methoxy groups -OCH3 is 3. The van der Waals surface area contributed by atoms with E-state index in [1.165, 1.54) is 50.8 Å². The number of hydrogen-bond acceptors (Lipinski definition) is 9. The van der Waals surface area contributed by atoms with Crippen LogP contribution in [0.4, 0.5) is 14.9 Å². The van der Waals surface area contributed by atoms with Crippen molar-refractivity contribution < 1.29 is 42.4 Å². The first kappa shape index (κ1) is 37.0. The van der Waals surface area contributed by atoms with E-state index in [-0.39, 0.29) is 46.3 Å². The van der Waals surface area contributed by atoms with Crippen LogP contribution in [0.25, 0.3) is 0 Å². The van der Waals surface area contributed by atoms with Gasteiger partial charge >= 0.3 is 12.1 Å². The minimum absolute atomic E-state index is 0.0303. The lowest BCUT2D eigenvalue weighted by Gasteiger charge is -2.44. The van der Waals surface area contributed by atoms with Crippen LogP contribution in [0.2, 0.25) is 10.0 Å². The van der Waals surface area contributed by atoms with Crippen molar-refractivity contribution in [2.75, 3.05) is 45.9 Å². The Hall–Kier alpha value is -4.78. The van der Waals surface area contributed by atoms with E-state index in [1.807, 2.05) is 0 Å². The number of hydrogen-bond donors (Lipinski definition) is 0. The molecule has 3 aliphatic rings. The molecule has 1 amide bonds. The Morgan fingerprint density at radius 1 is 0.942 bits per heavy atom. The lowest BCUT2D eigenvalue weighted by molar-refractivity contribution is -0.605. The molecule has 3 aliphatic heterocycles. The molecule has 0 aliphatic carbocycles. The smallest absolute Gasteiger partial charge is 0.415 e. The van der Waals surface area contributed by atoms with Crippen LogP contribution in [0.15, 0.2) is 73.1 Å². The van der Waals surface area contributed by atoms with Gasteiger partial charge in [-0.25, -0.2) is 14.0 Å². The molecule has 274 valence electrons. The number of amides is 1. The fourth-order valence-corrected chi connectivity index (χ4v) is 7.24. The first-order valence-corrected chi connectivity index (χ1v) is 17.4. The third-order valence-electron chi connectivity index (χ3n) is 9.52. The van der Waals surface area contributed by atoms with Crippen molar-refractivity contribution in [1.29, 1.82) is 0 Å². The van der Waals surface area contributed by atoms with Crippen LogP contribution in [-0.4, -0.2) is 64.0 Å². The lowest BCUT2D eigenvalue weighted by atomic mass is 9.86. The lowest BCUT2D eigenvalue weighted by Crippen LogP contribution is -2.53. The quantitative estimate of drug-likeness (QED) is 0.0844. The zero-order valence-corrected chi connectivity index (χ0v) is 30.4. The highest BCUT2D eigenvalue weighted by Gasteiger charge is 2.38. The number of ether oxygens (including phenoxy) is 5. The van der Waals surface area contributed by atoms with Crippen LogP contribution < -0.4 is 23.8 Å². The van der Waals surface area contributed by atoms with Crippen LogP contribution in [0.3, 0.4) is 0 Å². The van der Waals surface area contributed by atoms with Crippen molar-refractivity contribution in [3.8, 4) is 17.2 Å². The van der Waals surface area contributed by atoms with Crippen molar-refractivity contribution in [3.05, 3.63) is 116 Å². The second-order valence-corrected chi connectivity index (χ2v) is 13.5. The predicted octanol–water partition coefficient (Wildman–Crippen LogP) is 7.17. The third kappa shape index (κ3) is 8.30. The molecule has 2 bridgehead atoms. The monoisotopic (exact) mass is 753 g/mol. The molecule has 0 spiro atoms. The van der Waals surface area contributed by atoms with Gasteiger partial charge in [0.2, 0.25) is 0 Å². The SMILES string of the molecule is COc1ccc(N(Cc2ccc(C(=O)O[C@@H](Cc3c(Cl)c[n+]([O-])cc3Cl)c3ccc(OC)c(OC)c3)cc2)C(=O)O[C@H]2CN3CCC2CC3)c(F)c1. The summed E-state index contributed by atoms with van der Waals surface area (Å²) >= 11 is 12.8. The topological polar surface area (TPSA) is 114 Å². The fourth-order valence-electron chi connectivity index (χ4n) is 6.64. The summed E-state index contributed by atoms with van der Waals surface area (Å²) in [7, 11) is 4.43. The molecule has 0 unspecified atom stereocenters. The van der Waals surface area contributed by atoms with E-state index in [1.54, 1.807) is 48.5 Å². The minimum Gasteiger partial charge on any atom is -0.619 e. The van der Waals surface area contributed by atoms with E-state index in [4.69, 9.17) is 46.9 Å². The van der Waals surface area contributed by atoms with Crippen molar-refractivity contribution in [3.63, 3.8) is 0 Å². The van der Waals surface area contributed by atoms with Crippen LogP contribution >= 0.6 is 23.2 Å². The largest absolute Gasteiger partial charge is 0.619 e. The summed E-state index contributed by atoms with van der Waals surface area (Å²) in [5.74, 6) is 0.168. The molecule has 7 rings (SSSR count). The van der Waals surface area contributed by atoms with Gasteiger partial charge in [-0.1, -0.05) is 41.4 Å². The van der Waals surface area contributed by atoms with Gasteiger partial charge in [0, 0.05) is 24.6 Å². The summed E-state index contributed by atoms with van der Waals surface area (Å²) in [6, 6.07) is 15.8. The molecule has 1 aromatic heterocycles. The van der Waals surface area contributed by atoms with E-state index < -0.39 is 24.0 Å². The van der Waals surface area contributed by atoms with E-state index in [9.17, 15) is 14.8 Å². The van der Waals surface area contributed by atoms with Gasteiger partial charge in [0.15, 0.2) is 29.7 Å². The Labute approximate surface area is 310 Å². The molecule has 11 nitrogen and oxygen atoms in total. The summed E-state index contributed by atoms with van der Waals surface area (Å²) in [4.78, 5) is 30.8. The highest BCUT2D eigenvalue weighted by molar-refractivity contribution is 6.35. The molecule has 3 fully saturated rings. The van der Waals surface area contributed by atoms with Gasteiger partial charge in [-0.3, -0.25) is 9.80 Å². The third-order valence-corrected chi connectivity index (χ3v) is 10.2. The summed E-state index contributed by atoms with van der Waals surface area (Å²) < 4.78 is 43.9. The Kier molecular flexibility index (Phi) is 11.6. The second kappa shape index (κ2) is 16.3. The van der Waals surface area contributed by atoms with Crippen LogP contribution in [0, 0.1) is 16.9 Å². The van der Waals surface area contributed by atoms with Crippen LogP contribution in [-0.2, 0) is 22.4 Å². The van der Waals surface area contributed by atoms with Crippen molar-refractivity contribution in [1.82, 2.24) is 4.90 Å². The number of carbonyl (C=O) groups excluding carboxylic acids is 2. The van der Waals surface area contributed by atoms with E-state index in [2.05, 4.69) is 4.90 Å². The molecule has 14 heteroatoms. The summed E-state index contributed by atoms with van der Waals surface area (Å²) in [6.45, 7) is 2.58. The van der Waals surface area contributed by atoms with E-state index >= 15 is 4.39 Å². The molecule has 3 aromatic carbocycles. The van der Waals surface area contributed by atoms with Crippen LogP contribution in [0.1, 0.15) is 46.0 Å². The molecule has 4 heterocycles. The number of benzene rings is 3. The normalized spacial score (nSPS) is 18.3. The number of rotatable bonds is 12. The maximum Gasteiger partial charge on any atom is 0.415 e. The molecule has 0 radical (unpaired) electrons. The summed E-state index contributed by atoms with van der Waals surface area (Å²) in [5, 5.41) is 12.1. The maximum absolute atomic E-state index is 15.4. The van der Waals surface area contributed by atoms with E-state index in [0.29, 0.717) is 45.2 Å². The Morgan fingerprint density at radius 2 is 1.63 bits per heavy atom. The van der Waals surface area contributed by atoms with Gasteiger partial charge in [0.25, 0.3) is 0 Å². The van der Waals surface area contributed by atoms with Gasteiger partial charge in [-0.15, -0.1) is 0 Å². The standard InChI is InChI=1S/C38H38Cl2FN3O8/c1-48-27-9-10-32(31(41)17-27)44(38(46)52-36-22-42-14-12-24(36)13-15-42)19-23-4-6-25(7-5-23)37(45)51-34(18-28-29(39)20-43(47)21-30(28)40)26-8-11-33(49-2)35(16-26)50-3/h4-11,16-17,20-21,24,34,36H,12-15,18-19,22H2,1-3H3/t34-,36-/m0/s1. The Morgan fingerprint density at radius 3 is 2.23 bits per heavy atom. The second-order valence-electron chi connectivity index (χ2n) is 12.7. The molecule has 3 saturated heterocycles. The number of anilines is 1. The highest BCUT2D eigenvalue weighted by Crippen LogP contribution is 2.36. The Balaban J connectivity index is 1.23. The average Bonchev–Trinajstić information content (AvgIpc) is 3.15. The summed E-state index contributed by atoms with van der Waals surface area (Å²) in [6.07, 6.45) is 2.43. The molecular formula is C38H38Cl2FN3O8. The van der Waals surface area contributed by atoms with E-state index in [0.717, 1.165) is 25.9 Å². The predicted molar refractivity (Wildman–Crippen MR) is 192 cm³/mol. The van der Waals surface area contributed by atoms with Crippen LogP contribution in [0.5, 0.6) is 17.2 Å². The van der Waals surface area contributed by atoms with Crippen molar-refractivity contribution in [2.24, 2.45) is 5.92 Å². The number of esters is 1.